The van der Waals surface area contributed by atoms with Gasteiger partial charge in [-0.05, 0) is 31.7 Å². The van der Waals surface area contributed by atoms with Crippen LogP contribution in [0.5, 0.6) is 6.01 Å². The lowest BCUT2D eigenvalue weighted by Crippen LogP contribution is -2.16. The van der Waals surface area contributed by atoms with Crippen molar-refractivity contribution in [1.29, 1.82) is 0 Å². The lowest BCUT2D eigenvalue weighted by atomic mass is 10.3. The molecule has 0 saturated heterocycles. The molecule has 1 aliphatic rings. The van der Waals surface area contributed by atoms with Gasteiger partial charge in [0.05, 0.1) is 0 Å². The first kappa shape index (κ1) is 10.3. The number of hydrogen-bond acceptors (Lipinski definition) is 4. The Labute approximate surface area is 93.9 Å². The van der Waals surface area contributed by atoms with Gasteiger partial charge in [-0.2, -0.15) is 4.98 Å². The van der Waals surface area contributed by atoms with Crippen LogP contribution in [0.15, 0.2) is 12.3 Å². The van der Waals surface area contributed by atoms with Crippen molar-refractivity contribution in [3.63, 3.8) is 0 Å². The van der Waals surface area contributed by atoms with Crippen LogP contribution in [-0.2, 0) is 0 Å². The Morgan fingerprint density at radius 1 is 1.47 bits per heavy atom. The Morgan fingerprint density at radius 3 is 2.87 bits per heavy atom. The first-order valence-electron chi connectivity index (χ1n) is 5.05. The van der Waals surface area contributed by atoms with Crippen molar-refractivity contribution < 1.29 is 4.74 Å². The lowest BCUT2D eigenvalue weighted by Gasteiger charge is -2.10. The summed E-state index contributed by atoms with van der Waals surface area (Å²) in [5, 5.41) is 0. The molecule has 1 saturated carbocycles. The first-order chi connectivity index (χ1) is 7.25. The molecule has 5 heteroatoms. The van der Waals surface area contributed by atoms with E-state index in [4.69, 9.17) is 22.7 Å². The monoisotopic (exact) mass is 223 g/mol. The van der Waals surface area contributed by atoms with Gasteiger partial charge in [0, 0.05) is 6.20 Å². The maximum absolute atomic E-state index is 5.63. The van der Waals surface area contributed by atoms with E-state index in [0.717, 1.165) is 12.8 Å². The van der Waals surface area contributed by atoms with Crippen molar-refractivity contribution in [2.24, 2.45) is 5.73 Å². The van der Waals surface area contributed by atoms with Crippen molar-refractivity contribution in [2.45, 2.75) is 31.8 Å². The summed E-state index contributed by atoms with van der Waals surface area (Å²) in [7, 11) is 0. The minimum absolute atomic E-state index is 0.256. The van der Waals surface area contributed by atoms with Crippen LogP contribution in [0.3, 0.4) is 0 Å². The fourth-order valence-corrected chi connectivity index (χ4v) is 1.80. The third kappa shape index (κ3) is 2.62. The molecule has 0 amide bonds. The molecule has 0 unspecified atom stereocenters. The van der Waals surface area contributed by atoms with Crippen LogP contribution in [0.4, 0.5) is 0 Å². The van der Waals surface area contributed by atoms with Crippen molar-refractivity contribution >= 4 is 17.2 Å². The average Bonchev–Trinajstić information content (AvgIpc) is 2.71. The number of ether oxygens (including phenoxy) is 1. The third-order valence-corrected chi connectivity index (χ3v) is 2.67. The predicted octanol–water partition coefficient (Wildman–Crippen LogP) is 1.43. The molecular formula is C10H13N3OS. The molecule has 1 aliphatic carbocycles. The second-order valence-electron chi connectivity index (χ2n) is 3.61. The summed E-state index contributed by atoms with van der Waals surface area (Å²) < 4.78 is 5.63. The van der Waals surface area contributed by atoms with Gasteiger partial charge in [0.25, 0.3) is 0 Å². The second kappa shape index (κ2) is 4.53. The van der Waals surface area contributed by atoms with Crippen molar-refractivity contribution in [2.75, 3.05) is 0 Å². The molecule has 0 radical (unpaired) electrons. The number of nitrogens with two attached hydrogens (primary N) is 1. The Bertz CT molecular complexity index is 363. The maximum Gasteiger partial charge on any atom is 0.317 e. The molecule has 0 spiro atoms. The quantitative estimate of drug-likeness (QED) is 0.785. The van der Waals surface area contributed by atoms with Gasteiger partial charge in [0.2, 0.25) is 0 Å². The Balaban J connectivity index is 2.07. The Kier molecular flexibility index (Phi) is 3.11. The molecule has 2 N–H and O–H groups in total. The summed E-state index contributed by atoms with van der Waals surface area (Å²) in [6.07, 6.45) is 6.48. The largest absolute Gasteiger partial charge is 0.460 e. The minimum Gasteiger partial charge on any atom is -0.460 e. The normalized spacial score (nSPS) is 16.5. The van der Waals surface area contributed by atoms with Crippen molar-refractivity contribution in [3.05, 3.63) is 18.0 Å². The smallest absolute Gasteiger partial charge is 0.317 e. The third-order valence-electron chi connectivity index (χ3n) is 2.46. The van der Waals surface area contributed by atoms with Crippen LogP contribution in [0.25, 0.3) is 0 Å². The summed E-state index contributed by atoms with van der Waals surface area (Å²) in [5.74, 6) is 0. The number of rotatable bonds is 3. The highest BCUT2D eigenvalue weighted by atomic mass is 32.1. The number of hydrogen-bond donors (Lipinski definition) is 1. The van der Waals surface area contributed by atoms with Gasteiger partial charge in [0.15, 0.2) is 0 Å². The fraction of sp³-hybridized carbons (Fsp3) is 0.500. The summed E-state index contributed by atoms with van der Waals surface area (Å²) in [5.41, 5.74) is 6.04. The zero-order valence-electron chi connectivity index (χ0n) is 8.35. The molecule has 80 valence electrons. The fourth-order valence-electron chi connectivity index (χ4n) is 1.69. The van der Waals surface area contributed by atoms with E-state index >= 15 is 0 Å². The molecule has 1 heterocycles. The summed E-state index contributed by atoms with van der Waals surface area (Å²) >= 11 is 4.84. The number of aromatic nitrogens is 2. The van der Waals surface area contributed by atoms with E-state index in [2.05, 4.69) is 9.97 Å². The molecule has 4 nitrogen and oxygen atoms in total. The van der Waals surface area contributed by atoms with Crippen LogP contribution in [0, 0.1) is 0 Å². The van der Waals surface area contributed by atoms with Crippen LogP contribution >= 0.6 is 12.2 Å². The molecule has 0 aliphatic heterocycles. The first-order valence-corrected chi connectivity index (χ1v) is 5.46. The summed E-state index contributed by atoms with van der Waals surface area (Å²) in [6.45, 7) is 0. The predicted molar refractivity (Wildman–Crippen MR) is 60.8 cm³/mol. The van der Waals surface area contributed by atoms with Gasteiger partial charge >= 0.3 is 6.01 Å². The standard InChI is InChI=1S/C10H13N3OS/c11-9(15)8-5-6-12-10(13-8)14-7-3-1-2-4-7/h5-7H,1-4H2,(H2,11,15). The average molecular weight is 223 g/mol. The summed E-state index contributed by atoms with van der Waals surface area (Å²) in [6, 6.07) is 2.07. The van der Waals surface area contributed by atoms with Gasteiger partial charge in [-0.25, -0.2) is 4.98 Å². The topological polar surface area (TPSA) is 61.0 Å². The van der Waals surface area contributed by atoms with Crippen molar-refractivity contribution in [1.82, 2.24) is 9.97 Å². The van der Waals surface area contributed by atoms with Crippen LogP contribution in [-0.4, -0.2) is 21.1 Å². The van der Waals surface area contributed by atoms with Crippen LogP contribution < -0.4 is 10.5 Å². The van der Waals surface area contributed by atoms with E-state index in [1.54, 1.807) is 12.3 Å². The van der Waals surface area contributed by atoms with Gasteiger partial charge in [-0.1, -0.05) is 12.2 Å². The molecule has 1 aromatic heterocycles. The van der Waals surface area contributed by atoms with Gasteiger partial charge in [0.1, 0.15) is 16.8 Å². The minimum atomic E-state index is 0.256. The van der Waals surface area contributed by atoms with E-state index in [-0.39, 0.29) is 11.1 Å². The van der Waals surface area contributed by atoms with E-state index in [1.807, 2.05) is 0 Å². The second-order valence-corrected chi connectivity index (χ2v) is 4.05. The van der Waals surface area contributed by atoms with Crippen LogP contribution in [0.1, 0.15) is 31.4 Å². The highest BCUT2D eigenvalue weighted by molar-refractivity contribution is 7.80. The zero-order valence-corrected chi connectivity index (χ0v) is 9.17. The van der Waals surface area contributed by atoms with Gasteiger partial charge < -0.3 is 10.5 Å². The number of nitrogens with zero attached hydrogens (tertiary/aromatic N) is 2. The molecule has 0 atom stereocenters. The molecular weight excluding hydrogens is 210 g/mol. The molecule has 2 rings (SSSR count). The Hall–Kier alpha value is -1.23. The molecule has 0 aromatic carbocycles. The molecule has 1 aromatic rings. The van der Waals surface area contributed by atoms with Gasteiger partial charge in [-0.3, -0.25) is 0 Å². The van der Waals surface area contributed by atoms with E-state index in [9.17, 15) is 0 Å². The molecule has 0 bridgehead atoms. The maximum atomic E-state index is 5.63. The molecule has 1 fully saturated rings. The lowest BCUT2D eigenvalue weighted by molar-refractivity contribution is 0.192. The Morgan fingerprint density at radius 2 is 2.20 bits per heavy atom. The number of thiocarbonyl (C=S) groups is 1. The van der Waals surface area contributed by atoms with Gasteiger partial charge in [-0.15, -0.1) is 0 Å². The van der Waals surface area contributed by atoms with E-state index in [1.165, 1.54) is 12.8 Å². The highest BCUT2D eigenvalue weighted by Crippen LogP contribution is 2.21. The van der Waals surface area contributed by atoms with E-state index in [0.29, 0.717) is 11.7 Å². The highest BCUT2D eigenvalue weighted by Gasteiger charge is 2.17. The summed E-state index contributed by atoms with van der Waals surface area (Å²) in [4.78, 5) is 8.44. The SMILES string of the molecule is NC(=S)c1ccnc(OC2CCCC2)n1. The van der Waals surface area contributed by atoms with E-state index < -0.39 is 0 Å². The zero-order chi connectivity index (χ0) is 10.7. The van der Waals surface area contributed by atoms with Crippen LogP contribution in [0.2, 0.25) is 0 Å². The molecule has 15 heavy (non-hydrogen) atoms. The van der Waals surface area contributed by atoms with Crippen molar-refractivity contribution in [3.8, 4) is 6.01 Å².